The molecule has 0 saturated heterocycles. The maximum Gasteiger partial charge on any atom is 2.00 e. The molecule has 2 heterocycles. The van der Waals surface area contributed by atoms with Crippen LogP contribution >= 0.6 is 0 Å². The van der Waals surface area contributed by atoms with Crippen LogP contribution in [0, 0.1) is 30.6 Å². The van der Waals surface area contributed by atoms with E-state index in [-0.39, 0.29) is 19.5 Å². The van der Waals surface area contributed by atoms with Crippen LogP contribution in [0.4, 0.5) is 0 Å². The summed E-state index contributed by atoms with van der Waals surface area (Å²) in [5.74, 6) is 0. The van der Waals surface area contributed by atoms with Crippen molar-refractivity contribution in [3.05, 3.63) is 68.1 Å². The van der Waals surface area contributed by atoms with Crippen LogP contribution in [0.3, 0.4) is 0 Å². The molecule has 0 bridgehead atoms. The summed E-state index contributed by atoms with van der Waals surface area (Å²) in [6.45, 7) is 0. The number of nitrogens with one attached hydrogen (secondary N) is 2. The number of nitrogens with zero attached hydrogens (tertiary/aromatic N) is 4. The van der Waals surface area contributed by atoms with Crippen molar-refractivity contribution in [2.45, 2.75) is 0 Å². The quantitative estimate of drug-likeness (QED) is 0.393. The van der Waals surface area contributed by atoms with E-state index in [4.69, 9.17) is 30.6 Å². The molecule has 0 radical (unpaired) electrons. The first-order valence-electron chi connectivity index (χ1n) is 3.95. The number of aromatic nitrogens is 4. The number of hydrogen-bond acceptors (Lipinski definition) is 8. The van der Waals surface area contributed by atoms with Gasteiger partial charge in [-0.3, -0.25) is 0 Å². The van der Waals surface area contributed by atoms with Gasteiger partial charge in [-0.1, -0.05) is 0 Å². The Kier molecular flexibility index (Phi) is 20.4. The molecule has 0 aliphatic carbocycles. The largest absolute Gasteiger partial charge is 2.00 e. The van der Waals surface area contributed by atoms with E-state index >= 15 is 0 Å². The molecule has 12 nitrogen and oxygen atoms in total. The van der Waals surface area contributed by atoms with Crippen molar-refractivity contribution in [2.24, 2.45) is 0 Å². The number of aromatic amines is 2. The predicted octanol–water partition coefficient (Wildman–Crippen LogP) is 0.339. The Hall–Kier alpha value is -2.56. The second-order valence-corrected chi connectivity index (χ2v) is 1.97. The van der Waals surface area contributed by atoms with Crippen molar-refractivity contribution < 1.29 is 29.7 Å². The van der Waals surface area contributed by atoms with Crippen LogP contribution in [-0.4, -0.2) is 30.1 Å². The van der Waals surface area contributed by atoms with Gasteiger partial charge in [-0.2, -0.15) is 0 Å². The smallest absolute Gasteiger partial charge is 0.356 e. The molecule has 0 fully saturated rings. The van der Waals surface area contributed by atoms with E-state index in [1.54, 1.807) is 37.4 Å². The van der Waals surface area contributed by atoms with Crippen molar-refractivity contribution in [3.63, 3.8) is 0 Å². The fourth-order valence-electron chi connectivity index (χ4n) is 0.430. The van der Waals surface area contributed by atoms with Gasteiger partial charge in [0.05, 0.1) is 22.8 Å². The zero-order valence-electron chi connectivity index (χ0n) is 9.41. The molecule has 13 heteroatoms. The molecule has 0 aliphatic rings. The fourth-order valence-corrected chi connectivity index (χ4v) is 0.430. The molecular formula is C6H8N6O6Zn. The van der Waals surface area contributed by atoms with Crippen LogP contribution < -0.4 is 0 Å². The first-order chi connectivity index (χ1) is 8.46. The molecule has 2 N–H and O–H groups in total. The van der Waals surface area contributed by atoms with Crippen LogP contribution in [0.2, 0.25) is 0 Å². The average molecular weight is 326 g/mol. The minimum Gasteiger partial charge on any atom is -0.356 e. The number of imidazole rings is 2. The molecule has 19 heavy (non-hydrogen) atoms. The first-order valence-corrected chi connectivity index (χ1v) is 3.95. The van der Waals surface area contributed by atoms with Crippen molar-refractivity contribution in [1.29, 1.82) is 0 Å². The predicted molar refractivity (Wildman–Crippen MR) is 57.9 cm³/mol. The van der Waals surface area contributed by atoms with Gasteiger partial charge >= 0.3 is 19.5 Å². The molecule has 2 aromatic rings. The van der Waals surface area contributed by atoms with Gasteiger partial charge < -0.3 is 40.6 Å². The molecule has 2 aromatic heterocycles. The number of rotatable bonds is 0. The van der Waals surface area contributed by atoms with Gasteiger partial charge in [0.25, 0.3) is 0 Å². The molecule has 0 atom stereocenters. The van der Waals surface area contributed by atoms with E-state index < -0.39 is 10.2 Å². The number of H-pyrrole nitrogens is 2. The van der Waals surface area contributed by atoms with Crippen LogP contribution in [0.15, 0.2) is 37.4 Å². The Morgan fingerprint density at radius 3 is 1.11 bits per heavy atom. The zero-order chi connectivity index (χ0) is 14.2. The summed E-state index contributed by atoms with van der Waals surface area (Å²) in [6, 6.07) is 0. The van der Waals surface area contributed by atoms with E-state index in [1.165, 1.54) is 0 Å². The third-order valence-electron chi connectivity index (χ3n) is 0.812. The van der Waals surface area contributed by atoms with Gasteiger partial charge in [0.1, 0.15) is 0 Å². The second-order valence-electron chi connectivity index (χ2n) is 1.97. The van der Waals surface area contributed by atoms with Crippen LogP contribution in [0.25, 0.3) is 0 Å². The monoisotopic (exact) mass is 324 g/mol. The molecule has 0 unspecified atom stereocenters. The molecule has 0 amide bonds. The second kappa shape index (κ2) is 17.8. The normalized spacial score (nSPS) is 6.74. The average Bonchev–Trinajstić information content (AvgIpc) is 2.96. The van der Waals surface area contributed by atoms with Crippen molar-refractivity contribution in [1.82, 2.24) is 19.9 Å². The summed E-state index contributed by atoms with van der Waals surface area (Å²) in [6.07, 6.45) is 10.2. The van der Waals surface area contributed by atoms with Gasteiger partial charge in [0, 0.05) is 24.8 Å². The summed E-state index contributed by atoms with van der Waals surface area (Å²) in [5.41, 5.74) is 0. The van der Waals surface area contributed by atoms with E-state index in [1.807, 2.05) is 0 Å². The van der Waals surface area contributed by atoms with E-state index in [9.17, 15) is 0 Å². The van der Waals surface area contributed by atoms with Gasteiger partial charge in [-0.05, 0) is 0 Å². The minimum atomic E-state index is -1.75. The fraction of sp³-hybridized carbons (Fsp3) is 0. The first kappa shape index (κ1) is 21.7. The summed E-state index contributed by atoms with van der Waals surface area (Å²) < 4.78 is 0. The molecule has 100 valence electrons. The van der Waals surface area contributed by atoms with Crippen molar-refractivity contribution in [2.75, 3.05) is 0 Å². The summed E-state index contributed by atoms with van der Waals surface area (Å²) in [4.78, 5) is 29.3. The van der Waals surface area contributed by atoms with Gasteiger partial charge in [0.15, 0.2) is 0 Å². The molecular weight excluding hydrogens is 317 g/mol. The van der Waals surface area contributed by atoms with Crippen LogP contribution in [0.1, 0.15) is 0 Å². The molecule has 0 aromatic carbocycles. The number of hydrogen-bond donors (Lipinski definition) is 2. The van der Waals surface area contributed by atoms with Crippen LogP contribution in [-0.2, 0) is 19.5 Å². The zero-order valence-corrected chi connectivity index (χ0v) is 12.4. The SMILES string of the molecule is O=[N+]([O-])[O-].O=[N+]([O-])[O-].[Zn+2].c1c[nH]cn1.c1c[nH]cn1. The Morgan fingerprint density at radius 1 is 0.789 bits per heavy atom. The molecule has 0 spiro atoms. The third kappa shape index (κ3) is 50.4. The Balaban J connectivity index is -0.000000178. The molecule has 2 rings (SSSR count). The van der Waals surface area contributed by atoms with Crippen molar-refractivity contribution in [3.8, 4) is 0 Å². The molecule has 0 saturated carbocycles. The van der Waals surface area contributed by atoms with Crippen molar-refractivity contribution >= 4 is 0 Å². The Bertz CT molecular complexity index is 300. The Labute approximate surface area is 118 Å². The van der Waals surface area contributed by atoms with E-state index in [0.29, 0.717) is 0 Å². The van der Waals surface area contributed by atoms with E-state index in [0.717, 1.165) is 0 Å². The topological polar surface area (TPSA) is 190 Å². The third-order valence-corrected chi connectivity index (χ3v) is 0.812. The maximum atomic E-state index is 8.25. The van der Waals surface area contributed by atoms with Gasteiger partial charge in [-0.25, -0.2) is 9.97 Å². The van der Waals surface area contributed by atoms with Gasteiger partial charge in [-0.15, -0.1) is 0 Å². The minimum absolute atomic E-state index is 0. The van der Waals surface area contributed by atoms with E-state index in [2.05, 4.69) is 19.9 Å². The molecule has 0 aliphatic heterocycles. The van der Waals surface area contributed by atoms with Gasteiger partial charge in [0.2, 0.25) is 0 Å². The summed E-state index contributed by atoms with van der Waals surface area (Å²) in [7, 11) is 0. The maximum absolute atomic E-state index is 8.25. The van der Waals surface area contributed by atoms with Crippen LogP contribution in [0.5, 0.6) is 0 Å². The standard InChI is InChI=1S/2C3H4N2.2NO3.Zn/c2*1-2-5-3-4-1;2*2-1(3)4;/h2*1-3H,(H,4,5);;;/q;;2*-1;+2. The summed E-state index contributed by atoms with van der Waals surface area (Å²) >= 11 is 0. The Morgan fingerprint density at radius 2 is 1.05 bits per heavy atom. The summed E-state index contributed by atoms with van der Waals surface area (Å²) in [5, 5.41) is 29.5.